The zero-order valence-electron chi connectivity index (χ0n) is 16.2. The van der Waals surface area contributed by atoms with Crippen LogP contribution in [0.1, 0.15) is 64.4 Å². The fraction of sp³-hybridized carbons (Fsp3) is 0.381. The normalized spacial score (nSPS) is 12.1. The Morgan fingerprint density at radius 3 is 2.19 bits per heavy atom. The van der Waals surface area contributed by atoms with Gasteiger partial charge in [0, 0.05) is 16.3 Å². The molecule has 0 spiro atoms. The molecule has 1 N–H and O–H groups in total. The highest BCUT2D eigenvalue weighted by atomic mass is 35.5. The van der Waals surface area contributed by atoms with Crippen molar-refractivity contribution in [2.24, 2.45) is 5.92 Å². The van der Waals surface area contributed by atoms with Gasteiger partial charge in [0.25, 0.3) is 0 Å². The maximum absolute atomic E-state index is 12.6. The number of carbonyl (C=O) groups excluding carboxylic acids is 3. The Morgan fingerprint density at radius 2 is 1.70 bits per heavy atom. The number of ether oxygens (including phenoxy) is 1. The van der Waals surface area contributed by atoms with Crippen molar-refractivity contribution in [3.8, 4) is 0 Å². The van der Waals surface area contributed by atoms with E-state index in [0.29, 0.717) is 27.5 Å². The quantitative estimate of drug-likeness (QED) is 0.552. The molecule has 0 saturated heterocycles. The molecule has 0 fully saturated rings. The summed E-state index contributed by atoms with van der Waals surface area (Å²) in [6, 6.07) is 7.01. The van der Waals surface area contributed by atoms with Crippen molar-refractivity contribution in [2.75, 3.05) is 6.61 Å². The summed E-state index contributed by atoms with van der Waals surface area (Å²) in [6.07, 6.45) is 0. The van der Waals surface area contributed by atoms with Crippen LogP contribution < -0.4 is 0 Å². The molecule has 5 nitrogen and oxygen atoms in total. The SMILES string of the molecule is CC(=O)c1c(C)[nH]c(C(=O)COC(=O)[C@H](c2ccc(Cl)cc2)C(C)C)c1C. The number of Topliss-reactive ketones (excluding diaryl/α,β-unsaturated/α-hetero) is 2. The van der Waals surface area contributed by atoms with Gasteiger partial charge >= 0.3 is 5.97 Å². The molecule has 0 amide bonds. The summed E-state index contributed by atoms with van der Waals surface area (Å²) in [5.41, 5.74) is 2.82. The number of hydrogen-bond donors (Lipinski definition) is 1. The fourth-order valence-electron chi connectivity index (χ4n) is 3.32. The van der Waals surface area contributed by atoms with Crippen LogP contribution in [-0.2, 0) is 9.53 Å². The van der Waals surface area contributed by atoms with Crippen LogP contribution in [0.4, 0.5) is 0 Å². The number of rotatable bonds is 7. The van der Waals surface area contributed by atoms with Gasteiger partial charge in [-0.2, -0.15) is 0 Å². The van der Waals surface area contributed by atoms with Gasteiger partial charge in [-0.1, -0.05) is 37.6 Å². The second-order valence-corrected chi connectivity index (χ2v) is 7.42. The van der Waals surface area contributed by atoms with Crippen LogP contribution in [0.25, 0.3) is 0 Å². The third kappa shape index (κ3) is 4.66. The second kappa shape index (κ2) is 8.53. The number of aromatic amines is 1. The van der Waals surface area contributed by atoms with Gasteiger partial charge in [-0.3, -0.25) is 14.4 Å². The summed E-state index contributed by atoms with van der Waals surface area (Å²) in [6.45, 7) is 8.35. The van der Waals surface area contributed by atoms with Crippen molar-refractivity contribution < 1.29 is 19.1 Å². The van der Waals surface area contributed by atoms with Gasteiger partial charge < -0.3 is 9.72 Å². The van der Waals surface area contributed by atoms with Crippen LogP contribution in [0.5, 0.6) is 0 Å². The molecule has 2 aromatic rings. The Labute approximate surface area is 164 Å². The number of hydrogen-bond acceptors (Lipinski definition) is 4. The topological polar surface area (TPSA) is 76.2 Å². The standard InChI is InChI=1S/C21H24ClNO4/c1-11(2)18(15-6-8-16(22)9-7-15)21(26)27-10-17(25)20-12(3)19(14(5)24)13(4)23-20/h6-9,11,18,23H,10H2,1-5H3/t18-/m0/s1. The highest BCUT2D eigenvalue weighted by molar-refractivity contribution is 6.30. The molecule has 144 valence electrons. The number of esters is 1. The third-order valence-electron chi connectivity index (χ3n) is 4.56. The van der Waals surface area contributed by atoms with Crippen molar-refractivity contribution in [3.05, 3.63) is 57.4 Å². The number of benzene rings is 1. The molecule has 0 aliphatic rings. The lowest BCUT2D eigenvalue weighted by Crippen LogP contribution is -2.24. The van der Waals surface area contributed by atoms with E-state index in [1.165, 1.54) is 6.92 Å². The molecule has 1 aromatic heterocycles. The zero-order valence-corrected chi connectivity index (χ0v) is 16.9. The van der Waals surface area contributed by atoms with E-state index < -0.39 is 11.9 Å². The molecule has 0 radical (unpaired) electrons. The van der Waals surface area contributed by atoms with Crippen molar-refractivity contribution in [2.45, 2.75) is 40.5 Å². The highest BCUT2D eigenvalue weighted by Crippen LogP contribution is 2.27. The smallest absolute Gasteiger partial charge is 0.314 e. The molecule has 6 heteroatoms. The van der Waals surface area contributed by atoms with Crippen LogP contribution in [0.2, 0.25) is 5.02 Å². The molecule has 27 heavy (non-hydrogen) atoms. The van der Waals surface area contributed by atoms with Gasteiger partial charge in [0.05, 0.1) is 11.6 Å². The van der Waals surface area contributed by atoms with Crippen molar-refractivity contribution in [3.63, 3.8) is 0 Å². The molecule has 1 atom stereocenters. The number of carbonyl (C=O) groups is 3. The van der Waals surface area contributed by atoms with Gasteiger partial charge in [0.2, 0.25) is 5.78 Å². The Balaban J connectivity index is 2.13. The van der Waals surface area contributed by atoms with Gasteiger partial charge in [-0.15, -0.1) is 0 Å². The molecule has 1 aromatic carbocycles. The van der Waals surface area contributed by atoms with Crippen molar-refractivity contribution in [1.82, 2.24) is 4.98 Å². The van der Waals surface area contributed by atoms with Crippen LogP contribution in [0.15, 0.2) is 24.3 Å². The number of nitrogens with one attached hydrogen (secondary N) is 1. The summed E-state index contributed by atoms with van der Waals surface area (Å²) in [7, 11) is 0. The molecular weight excluding hydrogens is 366 g/mol. The summed E-state index contributed by atoms with van der Waals surface area (Å²) in [5, 5.41) is 0.587. The first-order chi connectivity index (χ1) is 12.6. The van der Waals surface area contributed by atoms with Gasteiger partial charge in [0.1, 0.15) is 0 Å². The van der Waals surface area contributed by atoms with E-state index in [4.69, 9.17) is 16.3 Å². The Hall–Kier alpha value is -2.40. The Bertz CT molecular complexity index is 865. The van der Waals surface area contributed by atoms with Crippen LogP contribution >= 0.6 is 11.6 Å². The van der Waals surface area contributed by atoms with E-state index in [2.05, 4.69) is 4.98 Å². The molecule has 2 rings (SSSR count). The van der Waals surface area contributed by atoms with E-state index in [1.807, 2.05) is 13.8 Å². The average Bonchev–Trinajstić information content (AvgIpc) is 2.89. The number of aryl methyl sites for hydroxylation is 1. The van der Waals surface area contributed by atoms with E-state index in [-0.39, 0.29) is 24.1 Å². The van der Waals surface area contributed by atoms with Crippen LogP contribution in [-0.4, -0.2) is 29.1 Å². The third-order valence-corrected chi connectivity index (χ3v) is 4.82. The molecule has 0 aliphatic heterocycles. The van der Waals surface area contributed by atoms with E-state index in [0.717, 1.165) is 5.56 Å². The van der Waals surface area contributed by atoms with Crippen molar-refractivity contribution in [1.29, 1.82) is 0 Å². The van der Waals surface area contributed by atoms with Crippen molar-refractivity contribution >= 4 is 29.1 Å². The fourth-order valence-corrected chi connectivity index (χ4v) is 3.44. The van der Waals surface area contributed by atoms with E-state index in [1.54, 1.807) is 38.1 Å². The molecular formula is C21H24ClNO4. The minimum Gasteiger partial charge on any atom is -0.457 e. The summed E-state index contributed by atoms with van der Waals surface area (Å²) in [4.78, 5) is 39.7. The number of ketones is 2. The summed E-state index contributed by atoms with van der Waals surface area (Å²) in [5.74, 6) is -1.44. The lowest BCUT2D eigenvalue weighted by atomic mass is 9.88. The Morgan fingerprint density at radius 1 is 1.11 bits per heavy atom. The molecule has 1 heterocycles. The zero-order chi connectivity index (χ0) is 20.3. The lowest BCUT2D eigenvalue weighted by Gasteiger charge is -2.19. The van der Waals surface area contributed by atoms with E-state index >= 15 is 0 Å². The maximum Gasteiger partial charge on any atom is 0.314 e. The second-order valence-electron chi connectivity index (χ2n) is 6.99. The maximum atomic E-state index is 12.6. The monoisotopic (exact) mass is 389 g/mol. The van der Waals surface area contributed by atoms with Gasteiger partial charge in [0.15, 0.2) is 12.4 Å². The number of aromatic nitrogens is 1. The van der Waals surface area contributed by atoms with E-state index in [9.17, 15) is 14.4 Å². The number of H-pyrrole nitrogens is 1. The average molecular weight is 390 g/mol. The molecule has 0 aliphatic carbocycles. The predicted octanol–water partition coefficient (Wildman–Crippen LogP) is 4.65. The number of halogens is 1. The highest BCUT2D eigenvalue weighted by Gasteiger charge is 2.27. The minimum absolute atomic E-state index is 0.00689. The Kier molecular flexibility index (Phi) is 6.60. The first-order valence-electron chi connectivity index (χ1n) is 8.78. The predicted molar refractivity (Wildman–Crippen MR) is 105 cm³/mol. The van der Waals surface area contributed by atoms with Crippen LogP contribution in [0, 0.1) is 19.8 Å². The lowest BCUT2D eigenvalue weighted by molar-refractivity contribution is -0.145. The minimum atomic E-state index is -0.491. The van der Waals surface area contributed by atoms with Gasteiger partial charge in [-0.25, -0.2) is 0 Å². The first kappa shape index (κ1) is 20.9. The van der Waals surface area contributed by atoms with Crippen LogP contribution in [0.3, 0.4) is 0 Å². The molecule has 0 bridgehead atoms. The summed E-state index contributed by atoms with van der Waals surface area (Å²) < 4.78 is 5.30. The first-order valence-corrected chi connectivity index (χ1v) is 9.16. The summed E-state index contributed by atoms with van der Waals surface area (Å²) >= 11 is 5.91. The largest absolute Gasteiger partial charge is 0.457 e. The molecule has 0 unspecified atom stereocenters. The molecule has 0 saturated carbocycles. The van der Waals surface area contributed by atoms with Gasteiger partial charge in [-0.05, 0) is 49.9 Å².